The Hall–Kier alpha value is -2.79. The van der Waals surface area contributed by atoms with Gasteiger partial charge in [-0.15, -0.1) is 0 Å². The Balaban J connectivity index is 1.40. The van der Waals surface area contributed by atoms with Crippen LogP contribution in [0.3, 0.4) is 0 Å². The van der Waals surface area contributed by atoms with E-state index >= 15 is 0 Å². The second-order valence-electron chi connectivity index (χ2n) is 10.2. The van der Waals surface area contributed by atoms with Gasteiger partial charge >= 0.3 is 0 Å². The maximum atomic E-state index is 12.6. The van der Waals surface area contributed by atoms with Crippen LogP contribution in [0.5, 0.6) is 5.75 Å². The maximum Gasteiger partial charge on any atom is 0.119 e. The number of aromatic amines is 1. The summed E-state index contributed by atoms with van der Waals surface area (Å²) < 4.78 is 5.58. The third-order valence-electron chi connectivity index (χ3n) is 8.32. The fourth-order valence-corrected chi connectivity index (χ4v) is 6.61. The van der Waals surface area contributed by atoms with Gasteiger partial charge in [0.25, 0.3) is 0 Å². The Bertz CT molecular complexity index is 1370. The number of piperidine rings is 1. The van der Waals surface area contributed by atoms with E-state index in [-0.39, 0.29) is 5.41 Å². The topological polar surface area (TPSA) is 48.5 Å². The van der Waals surface area contributed by atoms with Gasteiger partial charge in [-0.1, -0.05) is 54.1 Å². The fourth-order valence-electron chi connectivity index (χ4n) is 6.44. The summed E-state index contributed by atoms with van der Waals surface area (Å²) in [6.07, 6.45) is 3.24. The number of H-pyrrole nitrogens is 1. The average molecular weight is 487 g/mol. The second-order valence-corrected chi connectivity index (χ2v) is 10.7. The predicted octanol–water partition coefficient (Wildman–Crippen LogP) is 5.55. The molecule has 2 aliphatic rings. The van der Waals surface area contributed by atoms with E-state index < -0.39 is 5.60 Å². The molecule has 1 aliphatic heterocycles. The molecule has 5 heteroatoms. The van der Waals surface area contributed by atoms with Crippen molar-refractivity contribution in [2.45, 2.75) is 36.7 Å². The lowest BCUT2D eigenvalue weighted by molar-refractivity contribution is -0.102. The van der Waals surface area contributed by atoms with Crippen LogP contribution in [0, 0.1) is 0 Å². The lowest BCUT2D eigenvalue weighted by atomic mass is 9.56. The van der Waals surface area contributed by atoms with Gasteiger partial charge in [-0.3, -0.25) is 0 Å². The third-order valence-corrected chi connectivity index (χ3v) is 8.55. The average Bonchev–Trinajstić information content (AvgIpc) is 3.21. The fraction of sp³-hybridized carbons (Fsp3) is 0.333. The number of halogens is 1. The molecule has 0 bridgehead atoms. The molecular weight excluding hydrogens is 456 g/mol. The van der Waals surface area contributed by atoms with Crippen molar-refractivity contribution < 1.29 is 9.84 Å². The van der Waals surface area contributed by atoms with Crippen LogP contribution < -0.4 is 4.74 Å². The molecule has 2 heterocycles. The van der Waals surface area contributed by atoms with E-state index in [1.807, 2.05) is 30.3 Å². The standard InChI is InChI=1S/C30H31ClN2O2/c1-35-24-9-5-8-22(16-24)29-13-15-33(14-12-21-6-3-2-4-7-21)20-30(29,34)18-26-25-17-23(31)10-11-27(25)32-28(26)19-29/h2-11,16-17,32,34H,12-15,18-20H2,1H3/t29-,30-/m0/s1. The summed E-state index contributed by atoms with van der Waals surface area (Å²) in [5.41, 5.74) is 4.70. The highest BCUT2D eigenvalue weighted by atomic mass is 35.5. The minimum absolute atomic E-state index is 0.386. The number of hydrogen-bond acceptors (Lipinski definition) is 3. The first-order chi connectivity index (χ1) is 17.0. The zero-order valence-electron chi connectivity index (χ0n) is 20.1. The summed E-state index contributed by atoms with van der Waals surface area (Å²) in [5.74, 6) is 0.833. The molecule has 3 aromatic carbocycles. The minimum Gasteiger partial charge on any atom is -0.497 e. The van der Waals surface area contributed by atoms with Crippen molar-refractivity contribution >= 4 is 22.5 Å². The van der Waals surface area contributed by atoms with Gasteiger partial charge in [-0.2, -0.15) is 0 Å². The minimum atomic E-state index is -0.904. The number of methoxy groups -OCH3 is 1. The molecule has 180 valence electrons. The van der Waals surface area contributed by atoms with Crippen molar-refractivity contribution in [3.63, 3.8) is 0 Å². The molecule has 1 aromatic heterocycles. The van der Waals surface area contributed by atoms with Gasteiger partial charge in [0.1, 0.15) is 5.75 Å². The molecule has 6 rings (SSSR count). The summed E-state index contributed by atoms with van der Waals surface area (Å²) >= 11 is 6.37. The highest BCUT2D eigenvalue weighted by molar-refractivity contribution is 6.31. The molecule has 0 saturated carbocycles. The van der Waals surface area contributed by atoms with Crippen LogP contribution in [0.15, 0.2) is 72.8 Å². The maximum absolute atomic E-state index is 12.6. The molecular formula is C30H31ClN2O2. The number of hydrogen-bond donors (Lipinski definition) is 2. The number of likely N-dealkylation sites (tertiary alicyclic amines) is 1. The zero-order chi connectivity index (χ0) is 24.0. The highest BCUT2D eigenvalue weighted by Gasteiger charge is 2.57. The van der Waals surface area contributed by atoms with Crippen LogP contribution in [0.25, 0.3) is 10.9 Å². The van der Waals surface area contributed by atoms with E-state index in [4.69, 9.17) is 16.3 Å². The Kier molecular flexibility index (Phi) is 5.63. The van der Waals surface area contributed by atoms with Gasteiger partial charge in [0.2, 0.25) is 0 Å². The van der Waals surface area contributed by atoms with Gasteiger partial charge in [-0.25, -0.2) is 0 Å². The van der Waals surface area contributed by atoms with E-state index in [9.17, 15) is 5.11 Å². The van der Waals surface area contributed by atoms with Crippen LogP contribution in [0.1, 0.15) is 28.8 Å². The molecule has 1 aliphatic carbocycles. The lowest BCUT2D eigenvalue weighted by Gasteiger charge is -2.56. The first kappa shape index (κ1) is 22.7. The van der Waals surface area contributed by atoms with Crippen molar-refractivity contribution in [3.8, 4) is 5.75 Å². The van der Waals surface area contributed by atoms with Gasteiger partial charge in [0.15, 0.2) is 0 Å². The summed E-state index contributed by atoms with van der Waals surface area (Å²) in [5, 5.41) is 14.4. The number of nitrogens with zero attached hydrogens (tertiary/aromatic N) is 1. The first-order valence-electron chi connectivity index (χ1n) is 12.4. The van der Waals surface area contributed by atoms with Crippen molar-refractivity contribution in [2.24, 2.45) is 0 Å². The number of β-amino-alcohol motifs (C(OH)–C–C–N with tert-alkyl or cyclic N) is 1. The highest BCUT2D eigenvalue weighted by Crippen LogP contribution is 2.52. The number of aromatic nitrogens is 1. The molecule has 4 aromatic rings. The second kappa shape index (κ2) is 8.70. The van der Waals surface area contributed by atoms with Gasteiger partial charge < -0.3 is 19.7 Å². The van der Waals surface area contributed by atoms with Gasteiger partial charge in [0, 0.05) is 53.0 Å². The van der Waals surface area contributed by atoms with Crippen LogP contribution >= 0.6 is 11.6 Å². The molecule has 2 N–H and O–H groups in total. The van der Waals surface area contributed by atoms with E-state index in [2.05, 4.69) is 52.3 Å². The van der Waals surface area contributed by atoms with E-state index in [0.717, 1.165) is 59.6 Å². The van der Waals surface area contributed by atoms with Gasteiger partial charge in [0.05, 0.1) is 12.7 Å². The monoisotopic (exact) mass is 486 g/mol. The Morgan fingerprint density at radius 2 is 1.89 bits per heavy atom. The van der Waals surface area contributed by atoms with Crippen LogP contribution in [-0.4, -0.2) is 47.3 Å². The summed E-state index contributed by atoms with van der Waals surface area (Å²) in [6, 6.07) is 24.9. The Morgan fingerprint density at radius 3 is 2.71 bits per heavy atom. The molecule has 0 amide bonds. The number of fused-ring (bicyclic) bond motifs is 4. The van der Waals surface area contributed by atoms with E-state index in [1.54, 1.807) is 7.11 Å². The Morgan fingerprint density at radius 1 is 1.03 bits per heavy atom. The smallest absolute Gasteiger partial charge is 0.119 e. The van der Waals surface area contributed by atoms with Crippen molar-refractivity contribution in [1.29, 1.82) is 0 Å². The molecule has 35 heavy (non-hydrogen) atoms. The Labute approximate surface area is 211 Å². The van der Waals surface area contributed by atoms with Gasteiger partial charge in [-0.05, 0) is 66.4 Å². The van der Waals surface area contributed by atoms with E-state index in [0.29, 0.717) is 13.0 Å². The summed E-state index contributed by atoms with van der Waals surface area (Å²) in [6.45, 7) is 2.53. The van der Waals surface area contributed by atoms with Crippen molar-refractivity contribution in [3.05, 3.63) is 100 Å². The molecule has 1 fully saturated rings. The normalized spacial score (nSPS) is 24.2. The largest absolute Gasteiger partial charge is 0.497 e. The summed E-state index contributed by atoms with van der Waals surface area (Å²) in [4.78, 5) is 6.10. The molecule has 0 spiro atoms. The number of rotatable bonds is 5. The number of ether oxygens (including phenoxy) is 1. The quantitative estimate of drug-likeness (QED) is 0.389. The van der Waals surface area contributed by atoms with Crippen LogP contribution in [0.2, 0.25) is 5.02 Å². The molecule has 2 atom stereocenters. The van der Waals surface area contributed by atoms with Crippen LogP contribution in [0.4, 0.5) is 0 Å². The van der Waals surface area contributed by atoms with Crippen molar-refractivity contribution in [1.82, 2.24) is 9.88 Å². The molecule has 1 saturated heterocycles. The molecule has 4 nitrogen and oxygen atoms in total. The molecule has 0 radical (unpaired) electrons. The molecule has 0 unspecified atom stereocenters. The number of nitrogens with one attached hydrogen (secondary N) is 1. The lowest BCUT2D eigenvalue weighted by Crippen LogP contribution is -2.66. The zero-order valence-corrected chi connectivity index (χ0v) is 20.8. The number of aliphatic hydroxyl groups is 1. The summed E-state index contributed by atoms with van der Waals surface area (Å²) in [7, 11) is 1.70. The predicted molar refractivity (Wildman–Crippen MR) is 142 cm³/mol. The number of benzene rings is 3. The third kappa shape index (κ3) is 3.85. The van der Waals surface area contributed by atoms with Crippen LogP contribution in [-0.2, 0) is 24.7 Å². The van der Waals surface area contributed by atoms with E-state index in [1.165, 1.54) is 16.8 Å². The van der Waals surface area contributed by atoms with Crippen molar-refractivity contribution in [2.75, 3.05) is 26.7 Å². The first-order valence-corrected chi connectivity index (χ1v) is 12.8. The SMILES string of the molecule is COc1cccc([C@@]23CCN(CCc4ccccc4)C[C@@]2(O)Cc2c([nH]c4ccc(Cl)cc24)C3)c1.